The molecular weight excluding hydrogens is 234 g/mol. The van der Waals surface area contributed by atoms with Gasteiger partial charge in [-0.1, -0.05) is 26.7 Å². The summed E-state index contributed by atoms with van der Waals surface area (Å²) in [6, 6.07) is 0. The summed E-state index contributed by atoms with van der Waals surface area (Å²) in [5.41, 5.74) is -0.908. The first-order valence-corrected chi connectivity index (χ1v) is 6.48. The molecule has 1 saturated carbocycles. The van der Waals surface area contributed by atoms with Gasteiger partial charge in [-0.15, -0.1) is 0 Å². The molecule has 1 aliphatic heterocycles. The molecule has 2 unspecified atom stereocenters. The van der Waals surface area contributed by atoms with Crippen molar-refractivity contribution in [3.05, 3.63) is 0 Å². The SMILES string of the molecule is CC1C(=O)N(CC2(C(=O)O)CCCC2)C(=O)C1C. The Bertz CT molecular complexity index is 378. The zero-order chi connectivity index (χ0) is 13.5. The number of nitrogens with zero attached hydrogens (tertiary/aromatic N) is 1. The number of carboxylic acids is 1. The third-order valence-electron chi connectivity index (χ3n) is 4.54. The second kappa shape index (κ2) is 4.37. The Morgan fingerprint density at radius 3 is 2.06 bits per heavy atom. The van der Waals surface area contributed by atoms with Gasteiger partial charge in [-0.25, -0.2) is 0 Å². The first-order chi connectivity index (χ1) is 8.39. The van der Waals surface area contributed by atoms with Crippen LogP contribution >= 0.6 is 0 Å². The van der Waals surface area contributed by atoms with Crippen LogP contribution in [-0.4, -0.2) is 34.3 Å². The monoisotopic (exact) mass is 253 g/mol. The van der Waals surface area contributed by atoms with Crippen LogP contribution < -0.4 is 0 Å². The van der Waals surface area contributed by atoms with E-state index in [1.54, 1.807) is 13.8 Å². The molecule has 5 heteroatoms. The van der Waals surface area contributed by atoms with E-state index in [1.807, 2.05) is 0 Å². The van der Waals surface area contributed by atoms with Crippen LogP contribution in [0.25, 0.3) is 0 Å². The van der Waals surface area contributed by atoms with Gasteiger partial charge in [0.05, 0.1) is 5.41 Å². The van der Waals surface area contributed by atoms with Crippen molar-refractivity contribution in [2.24, 2.45) is 17.3 Å². The standard InChI is InChI=1S/C13H19NO4/c1-8-9(2)11(16)14(10(8)15)7-13(12(17)18)5-3-4-6-13/h8-9H,3-7H2,1-2H3,(H,17,18). The Morgan fingerprint density at radius 1 is 1.22 bits per heavy atom. The highest BCUT2D eigenvalue weighted by atomic mass is 16.4. The lowest BCUT2D eigenvalue weighted by Crippen LogP contribution is -2.44. The molecule has 0 bridgehead atoms. The third kappa shape index (κ3) is 1.82. The second-order valence-electron chi connectivity index (χ2n) is 5.63. The maximum absolute atomic E-state index is 12.0. The molecule has 0 aromatic carbocycles. The van der Waals surface area contributed by atoms with Gasteiger partial charge in [0.1, 0.15) is 0 Å². The number of rotatable bonds is 3. The summed E-state index contributed by atoms with van der Waals surface area (Å²) < 4.78 is 0. The van der Waals surface area contributed by atoms with Crippen molar-refractivity contribution in [3.63, 3.8) is 0 Å². The topological polar surface area (TPSA) is 74.7 Å². The maximum atomic E-state index is 12.0. The fourth-order valence-corrected chi connectivity index (χ4v) is 2.98. The Labute approximate surface area is 106 Å². The predicted octanol–water partition coefficient (Wildman–Crippen LogP) is 1.27. The zero-order valence-corrected chi connectivity index (χ0v) is 10.8. The summed E-state index contributed by atoms with van der Waals surface area (Å²) in [6.45, 7) is 3.51. The molecule has 18 heavy (non-hydrogen) atoms. The highest BCUT2D eigenvalue weighted by Gasteiger charge is 2.49. The van der Waals surface area contributed by atoms with Crippen molar-refractivity contribution in [2.75, 3.05) is 6.54 Å². The van der Waals surface area contributed by atoms with Gasteiger partial charge >= 0.3 is 5.97 Å². The molecule has 0 spiro atoms. The van der Waals surface area contributed by atoms with Crippen LogP contribution in [-0.2, 0) is 14.4 Å². The summed E-state index contributed by atoms with van der Waals surface area (Å²) in [6.07, 6.45) is 2.82. The van der Waals surface area contributed by atoms with E-state index >= 15 is 0 Å². The van der Waals surface area contributed by atoms with E-state index in [4.69, 9.17) is 0 Å². The summed E-state index contributed by atoms with van der Waals surface area (Å²) >= 11 is 0. The van der Waals surface area contributed by atoms with Crippen LogP contribution in [0, 0.1) is 17.3 Å². The van der Waals surface area contributed by atoms with Gasteiger partial charge in [0.2, 0.25) is 11.8 Å². The van der Waals surface area contributed by atoms with E-state index in [0.717, 1.165) is 12.8 Å². The minimum Gasteiger partial charge on any atom is -0.481 e. The number of likely N-dealkylation sites (tertiary alicyclic amines) is 1. The van der Waals surface area contributed by atoms with Crippen LogP contribution in [0.3, 0.4) is 0 Å². The molecule has 2 atom stereocenters. The molecule has 1 aliphatic carbocycles. The van der Waals surface area contributed by atoms with E-state index in [2.05, 4.69) is 0 Å². The van der Waals surface area contributed by atoms with E-state index in [1.165, 1.54) is 4.90 Å². The summed E-state index contributed by atoms with van der Waals surface area (Å²) in [7, 11) is 0. The Hall–Kier alpha value is -1.39. The van der Waals surface area contributed by atoms with Crippen molar-refractivity contribution >= 4 is 17.8 Å². The van der Waals surface area contributed by atoms with Gasteiger partial charge in [-0.3, -0.25) is 19.3 Å². The summed E-state index contributed by atoms with van der Waals surface area (Å²) in [5, 5.41) is 9.38. The lowest BCUT2D eigenvalue weighted by atomic mass is 9.85. The highest BCUT2D eigenvalue weighted by Crippen LogP contribution is 2.41. The van der Waals surface area contributed by atoms with Crippen molar-refractivity contribution in [1.29, 1.82) is 0 Å². The van der Waals surface area contributed by atoms with Crippen LogP contribution in [0.5, 0.6) is 0 Å². The average molecular weight is 253 g/mol. The van der Waals surface area contributed by atoms with E-state index < -0.39 is 11.4 Å². The summed E-state index contributed by atoms with van der Waals surface area (Å²) in [4.78, 5) is 36.6. The first-order valence-electron chi connectivity index (χ1n) is 6.48. The predicted molar refractivity (Wildman–Crippen MR) is 63.6 cm³/mol. The molecule has 1 saturated heterocycles. The minimum atomic E-state index is -0.908. The largest absolute Gasteiger partial charge is 0.481 e. The number of carbonyl (C=O) groups is 3. The Morgan fingerprint density at radius 2 is 1.67 bits per heavy atom. The van der Waals surface area contributed by atoms with E-state index in [-0.39, 0.29) is 30.2 Å². The van der Waals surface area contributed by atoms with Gasteiger partial charge in [-0.05, 0) is 12.8 Å². The fraction of sp³-hybridized carbons (Fsp3) is 0.769. The molecule has 2 rings (SSSR count). The molecule has 2 aliphatic rings. The lowest BCUT2D eigenvalue weighted by Gasteiger charge is -2.28. The Balaban J connectivity index is 2.20. The molecule has 0 radical (unpaired) electrons. The van der Waals surface area contributed by atoms with Crippen molar-refractivity contribution < 1.29 is 19.5 Å². The molecule has 2 amide bonds. The van der Waals surface area contributed by atoms with Gasteiger partial charge < -0.3 is 5.11 Å². The molecule has 100 valence electrons. The Kier molecular flexibility index (Phi) is 3.17. The zero-order valence-electron chi connectivity index (χ0n) is 10.8. The van der Waals surface area contributed by atoms with Crippen molar-refractivity contribution in [1.82, 2.24) is 4.90 Å². The van der Waals surface area contributed by atoms with Crippen molar-refractivity contribution in [2.45, 2.75) is 39.5 Å². The maximum Gasteiger partial charge on any atom is 0.311 e. The third-order valence-corrected chi connectivity index (χ3v) is 4.54. The van der Waals surface area contributed by atoms with Crippen LogP contribution in [0.15, 0.2) is 0 Å². The number of carboxylic acid groups (broad SMARTS) is 1. The number of hydrogen-bond donors (Lipinski definition) is 1. The second-order valence-corrected chi connectivity index (χ2v) is 5.63. The molecule has 1 N–H and O–H groups in total. The van der Waals surface area contributed by atoms with Gasteiger partial charge in [0, 0.05) is 18.4 Å². The average Bonchev–Trinajstić information content (AvgIpc) is 2.87. The molecule has 2 fully saturated rings. The molecule has 0 aromatic heterocycles. The summed E-state index contributed by atoms with van der Waals surface area (Å²) in [5.74, 6) is -1.98. The van der Waals surface area contributed by atoms with Gasteiger partial charge in [0.15, 0.2) is 0 Å². The van der Waals surface area contributed by atoms with Crippen molar-refractivity contribution in [3.8, 4) is 0 Å². The first kappa shape index (κ1) is 13.1. The quantitative estimate of drug-likeness (QED) is 0.769. The van der Waals surface area contributed by atoms with E-state index in [9.17, 15) is 19.5 Å². The normalized spacial score (nSPS) is 31.1. The molecule has 0 aromatic rings. The van der Waals surface area contributed by atoms with Gasteiger partial charge in [0.25, 0.3) is 0 Å². The number of imide groups is 1. The molecule has 1 heterocycles. The lowest BCUT2D eigenvalue weighted by molar-refractivity contribution is -0.153. The van der Waals surface area contributed by atoms with Crippen LogP contribution in [0.1, 0.15) is 39.5 Å². The minimum absolute atomic E-state index is 0.0503. The number of amides is 2. The number of hydrogen-bond acceptors (Lipinski definition) is 3. The van der Waals surface area contributed by atoms with Gasteiger partial charge in [-0.2, -0.15) is 0 Å². The van der Waals surface area contributed by atoms with Crippen LogP contribution in [0.4, 0.5) is 0 Å². The molecular formula is C13H19NO4. The fourth-order valence-electron chi connectivity index (χ4n) is 2.98. The number of aliphatic carboxylic acids is 1. The van der Waals surface area contributed by atoms with Crippen LogP contribution in [0.2, 0.25) is 0 Å². The number of carbonyl (C=O) groups excluding carboxylic acids is 2. The van der Waals surface area contributed by atoms with E-state index in [0.29, 0.717) is 12.8 Å². The molecule has 5 nitrogen and oxygen atoms in total. The highest BCUT2D eigenvalue weighted by molar-refractivity contribution is 6.05. The smallest absolute Gasteiger partial charge is 0.311 e.